The molecule has 3 heterocycles. The van der Waals surface area contributed by atoms with E-state index in [0.29, 0.717) is 13.1 Å². The van der Waals surface area contributed by atoms with E-state index < -0.39 is 0 Å². The molecule has 5 rings (SSSR count). The van der Waals surface area contributed by atoms with Crippen LogP contribution in [0.1, 0.15) is 24.0 Å². The van der Waals surface area contributed by atoms with Gasteiger partial charge in [-0.3, -0.25) is 14.7 Å². The Morgan fingerprint density at radius 3 is 2.84 bits per heavy atom. The molecule has 0 aromatic heterocycles. The molecule has 0 atom stereocenters. The summed E-state index contributed by atoms with van der Waals surface area (Å²) in [7, 11) is 1.65. The highest BCUT2D eigenvalue weighted by molar-refractivity contribution is 6.06. The number of piperidine rings is 1. The average molecular weight is 420 g/mol. The number of anilines is 1. The quantitative estimate of drug-likeness (QED) is 0.778. The molecule has 0 radical (unpaired) electrons. The summed E-state index contributed by atoms with van der Waals surface area (Å²) >= 11 is 0. The lowest BCUT2D eigenvalue weighted by Crippen LogP contribution is -2.63. The van der Waals surface area contributed by atoms with Gasteiger partial charge in [0.2, 0.25) is 5.91 Å². The van der Waals surface area contributed by atoms with Gasteiger partial charge in [-0.25, -0.2) is 0 Å². The molecule has 0 unspecified atom stereocenters. The summed E-state index contributed by atoms with van der Waals surface area (Å²) in [6.45, 7) is 4.51. The fourth-order valence-electron chi connectivity index (χ4n) is 4.92. The normalized spacial score (nSPS) is 19.3. The van der Waals surface area contributed by atoms with Crippen LogP contribution in [-0.4, -0.2) is 67.0 Å². The van der Waals surface area contributed by atoms with Gasteiger partial charge in [0.1, 0.15) is 17.2 Å². The van der Waals surface area contributed by atoms with Crippen molar-refractivity contribution in [3.8, 4) is 5.75 Å². The van der Waals surface area contributed by atoms with Crippen molar-refractivity contribution in [3.63, 3.8) is 0 Å². The zero-order chi connectivity index (χ0) is 21.3. The number of ether oxygens (including phenoxy) is 1. The lowest BCUT2D eigenvalue weighted by atomic mass is 9.90. The number of amides is 1. The van der Waals surface area contributed by atoms with Crippen molar-refractivity contribution in [1.29, 1.82) is 0 Å². The van der Waals surface area contributed by atoms with E-state index in [1.807, 2.05) is 24.3 Å². The number of aliphatic imine (C=N–C) groups is 1. The summed E-state index contributed by atoms with van der Waals surface area (Å²) in [4.78, 5) is 22.0. The number of hydrogen-bond donors (Lipinski definition) is 2. The van der Waals surface area contributed by atoms with Crippen LogP contribution in [0, 0.1) is 0 Å². The Kier molecular flexibility index (Phi) is 5.28. The number of fused-ring (bicyclic) bond motifs is 4. The largest absolute Gasteiger partial charge is 0.497 e. The lowest BCUT2D eigenvalue weighted by molar-refractivity contribution is -0.123. The number of para-hydroxylation sites is 1. The van der Waals surface area contributed by atoms with Crippen molar-refractivity contribution in [2.75, 3.05) is 45.2 Å². The van der Waals surface area contributed by atoms with Crippen molar-refractivity contribution in [1.82, 2.24) is 15.1 Å². The van der Waals surface area contributed by atoms with Crippen LogP contribution in [-0.2, 0) is 11.3 Å². The molecule has 1 spiro atoms. The summed E-state index contributed by atoms with van der Waals surface area (Å²) in [6.07, 6.45) is 1.92. The van der Waals surface area contributed by atoms with E-state index >= 15 is 0 Å². The summed E-state index contributed by atoms with van der Waals surface area (Å²) in [6, 6.07) is 16.2. The van der Waals surface area contributed by atoms with Gasteiger partial charge >= 0.3 is 0 Å². The van der Waals surface area contributed by atoms with Crippen LogP contribution < -0.4 is 15.4 Å². The van der Waals surface area contributed by atoms with Crippen LogP contribution in [0.25, 0.3) is 0 Å². The first-order valence-electron chi connectivity index (χ1n) is 11.0. The molecule has 0 bridgehead atoms. The van der Waals surface area contributed by atoms with Crippen LogP contribution >= 0.6 is 0 Å². The van der Waals surface area contributed by atoms with E-state index in [1.165, 1.54) is 11.3 Å². The number of amidine groups is 1. The van der Waals surface area contributed by atoms with Gasteiger partial charge < -0.3 is 20.3 Å². The van der Waals surface area contributed by atoms with Gasteiger partial charge in [0.05, 0.1) is 20.2 Å². The van der Waals surface area contributed by atoms with Gasteiger partial charge in [-0.2, -0.15) is 0 Å². The Balaban J connectivity index is 1.18. The third-order valence-corrected chi connectivity index (χ3v) is 6.57. The number of methoxy groups -OCH3 is 1. The Bertz CT molecular complexity index is 997. The van der Waals surface area contributed by atoms with Gasteiger partial charge in [-0.05, 0) is 29.8 Å². The fourth-order valence-corrected chi connectivity index (χ4v) is 4.92. The number of nitrogens with one attached hydrogen (secondary N) is 2. The van der Waals surface area contributed by atoms with E-state index in [9.17, 15) is 4.79 Å². The molecule has 1 saturated heterocycles. The Morgan fingerprint density at radius 2 is 2.00 bits per heavy atom. The molecule has 1 fully saturated rings. The lowest BCUT2D eigenvalue weighted by Gasteiger charge is -2.52. The van der Waals surface area contributed by atoms with Crippen molar-refractivity contribution < 1.29 is 9.53 Å². The van der Waals surface area contributed by atoms with E-state index in [-0.39, 0.29) is 11.6 Å². The molecular weight excluding hydrogens is 390 g/mol. The van der Waals surface area contributed by atoms with E-state index in [1.54, 1.807) is 7.11 Å². The standard InChI is InChI=1S/C24H29N5O2/c1-31-19-6-4-5-18(15-19)16-26-22(30)17-28-12-9-24(10-13-28)27-21-8-3-2-7-20(21)23-25-11-14-29(23)24/h2-8,15,27H,9-14,16-17H2,1H3,(H,26,30). The summed E-state index contributed by atoms with van der Waals surface area (Å²) in [5.74, 6) is 1.99. The van der Waals surface area contributed by atoms with Crippen LogP contribution in [0.4, 0.5) is 5.69 Å². The molecule has 2 N–H and O–H groups in total. The predicted molar refractivity (Wildman–Crippen MR) is 121 cm³/mol. The smallest absolute Gasteiger partial charge is 0.234 e. The summed E-state index contributed by atoms with van der Waals surface area (Å²) in [5, 5.41) is 6.86. The maximum atomic E-state index is 12.5. The molecule has 0 saturated carbocycles. The number of rotatable bonds is 5. The van der Waals surface area contributed by atoms with Crippen molar-refractivity contribution >= 4 is 17.4 Å². The summed E-state index contributed by atoms with van der Waals surface area (Å²) < 4.78 is 5.25. The molecule has 2 aromatic carbocycles. The van der Waals surface area contributed by atoms with Crippen LogP contribution in [0.5, 0.6) is 5.75 Å². The molecule has 3 aliphatic heterocycles. The van der Waals surface area contributed by atoms with E-state index in [4.69, 9.17) is 9.73 Å². The number of hydrogen-bond acceptors (Lipinski definition) is 6. The number of benzene rings is 2. The van der Waals surface area contributed by atoms with Crippen LogP contribution in [0.2, 0.25) is 0 Å². The first kappa shape index (κ1) is 19.9. The molecule has 7 heteroatoms. The zero-order valence-electron chi connectivity index (χ0n) is 17.9. The SMILES string of the molecule is COc1cccc(CNC(=O)CN2CCC3(CC2)Nc2ccccc2C2=NCCN23)c1. The highest BCUT2D eigenvalue weighted by Gasteiger charge is 2.46. The second kappa shape index (κ2) is 8.23. The Morgan fingerprint density at radius 1 is 1.16 bits per heavy atom. The molecule has 2 aromatic rings. The minimum atomic E-state index is -0.0999. The van der Waals surface area contributed by atoms with E-state index in [2.05, 4.69) is 44.7 Å². The Hall–Kier alpha value is -3.06. The highest BCUT2D eigenvalue weighted by atomic mass is 16.5. The molecule has 3 aliphatic rings. The van der Waals surface area contributed by atoms with Crippen molar-refractivity contribution in [2.45, 2.75) is 25.0 Å². The maximum Gasteiger partial charge on any atom is 0.234 e. The van der Waals surface area contributed by atoms with Gasteiger partial charge in [0.15, 0.2) is 0 Å². The molecule has 0 aliphatic carbocycles. The second-order valence-electron chi connectivity index (χ2n) is 8.46. The van der Waals surface area contributed by atoms with Gasteiger partial charge in [0, 0.05) is 50.3 Å². The number of likely N-dealkylation sites (tertiary alicyclic amines) is 1. The second-order valence-corrected chi connectivity index (χ2v) is 8.46. The molecule has 162 valence electrons. The van der Waals surface area contributed by atoms with E-state index in [0.717, 1.165) is 56.2 Å². The van der Waals surface area contributed by atoms with Gasteiger partial charge in [-0.15, -0.1) is 0 Å². The third kappa shape index (κ3) is 3.85. The minimum Gasteiger partial charge on any atom is -0.497 e. The molecular formula is C24H29N5O2. The molecule has 31 heavy (non-hydrogen) atoms. The fraction of sp³-hybridized carbons (Fsp3) is 0.417. The number of carbonyl (C=O) groups is 1. The monoisotopic (exact) mass is 419 g/mol. The minimum absolute atomic E-state index is 0.0594. The van der Waals surface area contributed by atoms with Gasteiger partial charge in [-0.1, -0.05) is 24.3 Å². The number of carbonyl (C=O) groups excluding carboxylic acids is 1. The molecule has 7 nitrogen and oxygen atoms in total. The van der Waals surface area contributed by atoms with Crippen LogP contribution in [0.15, 0.2) is 53.5 Å². The topological polar surface area (TPSA) is 69.2 Å². The number of nitrogens with zero attached hydrogens (tertiary/aromatic N) is 3. The Labute approximate surface area is 183 Å². The predicted octanol–water partition coefficient (Wildman–Crippen LogP) is 2.29. The highest BCUT2D eigenvalue weighted by Crippen LogP contribution is 2.39. The van der Waals surface area contributed by atoms with Crippen molar-refractivity contribution in [3.05, 3.63) is 59.7 Å². The first-order chi connectivity index (χ1) is 15.2. The van der Waals surface area contributed by atoms with Gasteiger partial charge in [0.25, 0.3) is 0 Å². The third-order valence-electron chi connectivity index (χ3n) is 6.57. The first-order valence-corrected chi connectivity index (χ1v) is 11.0. The maximum absolute atomic E-state index is 12.5. The van der Waals surface area contributed by atoms with Crippen LogP contribution in [0.3, 0.4) is 0 Å². The summed E-state index contributed by atoms with van der Waals surface area (Å²) in [5.41, 5.74) is 3.31. The molecule has 1 amide bonds. The van der Waals surface area contributed by atoms with Crippen molar-refractivity contribution in [2.24, 2.45) is 4.99 Å². The zero-order valence-corrected chi connectivity index (χ0v) is 17.9. The average Bonchev–Trinajstić information content (AvgIpc) is 3.31.